The summed E-state index contributed by atoms with van der Waals surface area (Å²) in [6.45, 7) is 2.59. The SMILES string of the molecule is C(=C\N1CCCCC1)/C1CCCCC1. The van der Waals surface area contributed by atoms with E-state index in [-0.39, 0.29) is 0 Å². The van der Waals surface area contributed by atoms with Gasteiger partial charge in [-0.1, -0.05) is 25.3 Å². The van der Waals surface area contributed by atoms with Crippen molar-refractivity contribution >= 4 is 0 Å². The fourth-order valence-corrected chi connectivity index (χ4v) is 2.64. The number of nitrogens with zero attached hydrogens (tertiary/aromatic N) is 1. The van der Waals surface area contributed by atoms with Gasteiger partial charge in [0.1, 0.15) is 0 Å². The van der Waals surface area contributed by atoms with Crippen molar-refractivity contribution in [3.05, 3.63) is 12.3 Å². The molecule has 0 unspecified atom stereocenters. The first-order chi connectivity index (χ1) is 6.95. The van der Waals surface area contributed by atoms with Crippen molar-refractivity contribution in [1.82, 2.24) is 4.90 Å². The van der Waals surface area contributed by atoms with Gasteiger partial charge in [-0.15, -0.1) is 0 Å². The molecule has 1 nitrogen and oxygen atoms in total. The Bertz CT molecular complexity index is 154. The lowest BCUT2D eigenvalue weighted by Gasteiger charge is -2.26. The van der Waals surface area contributed by atoms with Crippen LogP contribution in [0.25, 0.3) is 0 Å². The zero-order chi connectivity index (χ0) is 9.64. The second-order valence-corrected chi connectivity index (χ2v) is 4.84. The summed E-state index contributed by atoms with van der Waals surface area (Å²) >= 11 is 0. The van der Waals surface area contributed by atoms with E-state index in [0.717, 1.165) is 5.92 Å². The zero-order valence-corrected chi connectivity index (χ0v) is 9.25. The highest BCUT2D eigenvalue weighted by atomic mass is 15.1. The van der Waals surface area contributed by atoms with Gasteiger partial charge in [0.25, 0.3) is 0 Å². The number of piperidine rings is 1. The van der Waals surface area contributed by atoms with Crippen LogP contribution in [0.15, 0.2) is 12.3 Å². The quantitative estimate of drug-likeness (QED) is 0.648. The normalized spacial score (nSPS) is 25.9. The van der Waals surface area contributed by atoms with Crippen LogP contribution in [-0.2, 0) is 0 Å². The van der Waals surface area contributed by atoms with E-state index in [1.54, 1.807) is 0 Å². The number of allylic oxidation sites excluding steroid dienone is 1. The fraction of sp³-hybridized carbons (Fsp3) is 0.846. The molecule has 0 atom stereocenters. The van der Waals surface area contributed by atoms with Gasteiger partial charge in [-0.2, -0.15) is 0 Å². The minimum atomic E-state index is 0.894. The molecule has 0 N–H and O–H groups in total. The van der Waals surface area contributed by atoms with E-state index in [0.29, 0.717) is 0 Å². The summed E-state index contributed by atoms with van der Waals surface area (Å²) in [4.78, 5) is 2.51. The Balaban J connectivity index is 1.73. The molecule has 0 aromatic rings. The van der Waals surface area contributed by atoms with Crippen LogP contribution in [0, 0.1) is 5.92 Å². The Kier molecular flexibility index (Phi) is 3.90. The Morgan fingerprint density at radius 3 is 2.14 bits per heavy atom. The maximum atomic E-state index is 2.51. The molecule has 1 aliphatic heterocycles. The zero-order valence-electron chi connectivity index (χ0n) is 9.25. The summed E-state index contributed by atoms with van der Waals surface area (Å²) in [6.07, 6.45) is 16.3. The van der Waals surface area contributed by atoms with Gasteiger partial charge in [-0.3, -0.25) is 0 Å². The predicted molar refractivity (Wildman–Crippen MR) is 61.1 cm³/mol. The van der Waals surface area contributed by atoms with Gasteiger partial charge in [-0.05, 0) is 44.2 Å². The van der Waals surface area contributed by atoms with E-state index >= 15 is 0 Å². The fourth-order valence-electron chi connectivity index (χ4n) is 2.64. The summed E-state index contributed by atoms with van der Waals surface area (Å²) < 4.78 is 0. The monoisotopic (exact) mass is 193 g/mol. The standard InChI is InChI=1S/C13H23N/c1-3-7-13(8-4-1)9-12-14-10-5-2-6-11-14/h9,12-13H,1-8,10-11H2/b12-9+. The van der Waals surface area contributed by atoms with E-state index in [2.05, 4.69) is 17.2 Å². The van der Waals surface area contributed by atoms with Gasteiger partial charge in [0.05, 0.1) is 0 Å². The smallest absolute Gasteiger partial charge is 0.0172 e. The van der Waals surface area contributed by atoms with Crippen LogP contribution < -0.4 is 0 Å². The maximum Gasteiger partial charge on any atom is 0.0172 e. The molecule has 0 spiro atoms. The van der Waals surface area contributed by atoms with E-state index in [1.807, 2.05) is 0 Å². The lowest BCUT2D eigenvalue weighted by Crippen LogP contribution is -2.24. The number of hydrogen-bond donors (Lipinski definition) is 0. The Morgan fingerprint density at radius 2 is 1.43 bits per heavy atom. The van der Waals surface area contributed by atoms with Crippen LogP contribution >= 0.6 is 0 Å². The Hall–Kier alpha value is -0.460. The van der Waals surface area contributed by atoms with Crippen molar-refractivity contribution in [3.8, 4) is 0 Å². The summed E-state index contributed by atoms with van der Waals surface area (Å²) in [6, 6.07) is 0. The first-order valence-corrected chi connectivity index (χ1v) is 6.37. The van der Waals surface area contributed by atoms with E-state index in [1.165, 1.54) is 64.5 Å². The second kappa shape index (κ2) is 5.43. The highest BCUT2D eigenvalue weighted by Gasteiger charge is 2.11. The van der Waals surface area contributed by atoms with Crippen LogP contribution in [0.1, 0.15) is 51.4 Å². The molecule has 1 saturated heterocycles. The van der Waals surface area contributed by atoms with E-state index < -0.39 is 0 Å². The highest BCUT2D eigenvalue weighted by Crippen LogP contribution is 2.24. The van der Waals surface area contributed by atoms with Crippen LogP contribution in [0.2, 0.25) is 0 Å². The Morgan fingerprint density at radius 1 is 0.786 bits per heavy atom. The number of likely N-dealkylation sites (tertiary alicyclic amines) is 1. The Labute approximate surface area is 88.2 Å². The molecule has 0 aromatic heterocycles. The average Bonchev–Trinajstić information content (AvgIpc) is 2.29. The van der Waals surface area contributed by atoms with Crippen LogP contribution in [-0.4, -0.2) is 18.0 Å². The first kappa shape index (κ1) is 10.1. The largest absolute Gasteiger partial charge is 0.378 e. The second-order valence-electron chi connectivity index (χ2n) is 4.84. The van der Waals surface area contributed by atoms with Crippen molar-refractivity contribution < 1.29 is 0 Å². The first-order valence-electron chi connectivity index (χ1n) is 6.37. The molecule has 80 valence electrons. The molecule has 1 aliphatic carbocycles. The molecule has 1 saturated carbocycles. The minimum Gasteiger partial charge on any atom is -0.378 e. The van der Waals surface area contributed by atoms with Crippen molar-refractivity contribution in [2.45, 2.75) is 51.4 Å². The van der Waals surface area contributed by atoms with Crippen molar-refractivity contribution in [2.24, 2.45) is 5.92 Å². The van der Waals surface area contributed by atoms with Gasteiger partial charge < -0.3 is 4.90 Å². The molecular weight excluding hydrogens is 170 g/mol. The third-order valence-corrected chi connectivity index (χ3v) is 3.61. The van der Waals surface area contributed by atoms with Crippen LogP contribution in [0.4, 0.5) is 0 Å². The van der Waals surface area contributed by atoms with E-state index in [9.17, 15) is 0 Å². The number of hydrogen-bond acceptors (Lipinski definition) is 1. The molecule has 1 heterocycles. The summed E-state index contributed by atoms with van der Waals surface area (Å²) in [5, 5.41) is 0. The topological polar surface area (TPSA) is 3.24 Å². The van der Waals surface area contributed by atoms with Crippen molar-refractivity contribution in [3.63, 3.8) is 0 Å². The van der Waals surface area contributed by atoms with E-state index in [4.69, 9.17) is 0 Å². The van der Waals surface area contributed by atoms with Gasteiger partial charge in [0, 0.05) is 13.1 Å². The van der Waals surface area contributed by atoms with Gasteiger partial charge in [0.2, 0.25) is 0 Å². The lowest BCUT2D eigenvalue weighted by atomic mass is 9.89. The van der Waals surface area contributed by atoms with Crippen LogP contribution in [0.5, 0.6) is 0 Å². The van der Waals surface area contributed by atoms with Gasteiger partial charge >= 0.3 is 0 Å². The minimum absolute atomic E-state index is 0.894. The summed E-state index contributed by atoms with van der Waals surface area (Å²) in [7, 11) is 0. The lowest BCUT2D eigenvalue weighted by molar-refractivity contribution is 0.305. The molecule has 0 radical (unpaired) electrons. The maximum absolute atomic E-state index is 2.51. The molecular formula is C13H23N. The van der Waals surface area contributed by atoms with Gasteiger partial charge in [0.15, 0.2) is 0 Å². The van der Waals surface area contributed by atoms with Gasteiger partial charge in [-0.25, -0.2) is 0 Å². The van der Waals surface area contributed by atoms with Crippen LogP contribution in [0.3, 0.4) is 0 Å². The van der Waals surface area contributed by atoms with Crippen molar-refractivity contribution in [2.75, 3.05) is 13.1 Å². The molecule has 2 aliphatic rings. The summed E-state index contributed by atoms with van der Waals surface area (Å²) in [5.41, 5.74) is 0. The third kappa shape index (κ3) is 3.04. The predicted octanol–water partition coefficient (Wildman–Crippen LogP) is 3.57. The molecule has 0 amide bonds. The molecule has 0 bridgehead atoms. The number of rotatable bonds is 2. The molecule has 2 rings (SSSR count). The molecule has 0 aromatic carbocycles. The van der Waals surface area contributed by atoms with Crippen molar-refractivity contribution in [1.29, 1.82) is 0 Å². The third-order valence-electron chi connectivity index (χ3n) is 3.61. The average molecular weight is 193 g/mol. The molecule has 14 heavy (non-hydrogen) atoms. The molecule has 1 heteroatoms. The summed E-state index contributed by atoms with van der Waals surface area (Å²) in [5.74, 6) is 0.894. The molecule has 2 fully saturated rings. The highest BCUT2D eigenvalue weighted by molar-refractivity contribution is 4.90.